The van der Waals surface area contributed by atoms with Crippen LogP contribution in [0.25, 0.3) is 21.9 Å². The molecular weight excluding hydrogens is 540 g/mol. The summed E-state index contributed by atoms with van der Waals surface area (Å²) in [6, 6.07) is 36.8. The molecule has 6 rings (SSSR count). The van der Waals surface area contributed by atoms with E-state index in [0.717, 1.165) is 21.5 Å². The van der Waals surface area contributed by atoms with Crippen LogP contribution in [0.1, 0.15) is 56.9 Å². The third-order valence-corrected chi connectivity index (χ3v) is 8.77. The number of hydrogen-bond acceptors (Lipinski definition) is 2. The summed E-state index contributed by atoms with van der Waals surface area (Å²) in [7, 11) is 0. The molecule has 1 aliphatic carbocycles. The summed E-state index contributed by atoms with van der Waals surface area (Å²) in [5.41, 5.74) is 10.4. The van der Waals surface area contributed by atoms with E-state index in [9.17, 15) is 5.26 Å². The van der Waals surface area contributed by atoms with E-state index in [0.29, 0.717) is 5.56 Å². The van der Waals surface area contributed by atoms with Crippen LogP contribution >= 0.6 is 15.9 Å². The van der Waals surface area contributed by atoms with Crippen molar-refractivity contribution in [2.45, 2.75) is 45.4 Å². The van der Waals surface area contributed by atoms with Crippen LogP contribution in [0.2, 0.25) is 0 Å². The number of rotatable bonds is 3. The quantitative estimate of drug-likeness (QED) is 0.215. The second-order valence-corrected chi connectivity index (χ2v) is 12.8. The average molecular weight is 572 g/mol. The smallest absolute Gasteiger partial charge is 0.0991 e. The zero-order valence-corrected chi connectivity index (χ0v) is 24.6. The molecule has 0 saturated heterocycles. The second kappa shape index (κ2) is 9.11. The summed E-state index contributed by atoms with van der Waals surface area (Å²) in [6.07, 6.45) is 0. The van der Waals surface area contributed by atoms with Gasteiger partial charge in [-0.15, -0.1) is 0 Å². The molecule has 0 N–H and O–H groups in total. The molecule has 1 aliphatic rings. The Labute approximate surface area is 239 Å². The van der Waals surface area contributed by atoms with Crippen molar-refractivity contribution in [1.29, 1.82) is 5.26 Å². The molecule has 0 aromatic heterocycles. The SMILES string of the molecule is CC(C)(C)c1ccc(N(c2ccc(C#N)cc2)c2ccc3c(c2)C(C)(C)c2cc(Br)c4ccccc4c2-3)cc1. The van der Waals surface area contributed by atoms with Crippen LogP contribution in [-0.2, 0) is 10.8 Å². The van der Waals surface area contributed by atoms with E-state index in [1.807, 2.05) is 24.3 Å². The van der Waals surface area contributed by atoms with Crippen molar-refractivity contribution in [3.05, 3.63) is 124 Å². The normalized spacial score (nSPS) is 13.6. The summed E-state index contributed by atoms with van der Waals surface area (Å²) in [4.78, 5) is 2.29. The number of anilines is 3. The zero-order chi connectivity index (χ0) is 27.5. The summed E-state index contributed by atoms with van der Waals surface area (Å²) in [6.45, 7) is 11.4. The lowest BCUT2D eigenvalue weighted by atomic mass is 9.82. The molecule has 0 radical (unpaired) electrons. The standard InChI is InChI=1S/C36H31BrN2/c1-35(2,3)24-12-16-26(17-13-24)39(25-14-10-23(22-38)11-15-25)27-18-19-30-31(20-27)36(4,5)32-21-33(37)28-8-6-7-9-29(28)34(30)32/h6-21H,1-5H3. The maximum atomic E-state index is 9.38. The van der Waals surface area contributed by atoms with Crippen molar-refractivity contribution < 1.29 is 0 Å². The lowest BCUT2D eigenvalue weighted by molar-refractivity contribution is 0.590. The fourth-order valence-corrected chi connectivity index (χ4v) is 6.48. The van der Waals surface area contributed by atoms with Gasteiger partial charge in [-0.1, -0.05) is 93.0 Å². The second-order valence-electron chi connectivity index (χ2n) is 12.0. The van der Waals surface area contributed by atoms with Gasteiger partial charge < -0.3 is 4.90 Å². The lowest BCUT2D eigenvalue weighted by Crippen LogP contribution is -2.17. The van der Waals surface area contributed by atoms with Crippen molar-refractivity contribution >= 4 is 43.8 Å². The maximum absolute atomic E-state index is 9.38. The molecule has 3 heteroatoms. The van der Waals surface area contributed by atoms with E-state index in [1.165, 1.54) is 38.6 Å². The first-order valence-electron chi connectivity index (χ1n) is 13.4. The first-order valence-corrected chi connectivity index (χ1v) is 14.2. The van der Waals surface area contributed by atoms with Gasteiger partial charge >= 0.3 is 0 Å². The highest BCUT2D eigenvalue weighted by Gasteiger charge is 2.37. The highest BCUT2D eigenvalue weighted by atomic mass is 79.9. The van der Waals surface area contributed by atoms with E-state index in [-0.39, 0.29) is 10.8 Å². The Hall–Kier alpha value is -3.87. The van der Waals surface area contributed by atoms with E-state index in [1.54, 1.807) is 0 Å². The molecule has 0 bridgehead atoms. The van der Waals surface area contributed by atoms with Crippen molar-refractivity contribution in [3.8, 4) is 17.2 Å². The summed E-state index contributed by atoms with van der Waals surface area (Å²) < 4.78 is 1.14. The van der Waals surface area contributed by atoms with E-state index >= 15 is 0 Å². The van der Waals surface area contributed by atoms with Crippen molar-refractivity contribution in [3.63, 3.8) is 0 Å². The van der Waals surface area contributed by atoms with Crippen molar-refractivity contribution in [2.75, 3.05) is 4.90 Å². The molecular formula is C36H31BrN2. The topological polar surface area (TPSA) is 27.0 Å². The van der Waals surface area contributed by atoms with Gasteiger partial charge in [-0.25, -0.2) is 0 Å². The Morgan fingerprint density at radius 3 is 1.92 bits per heavy atom. The van der Waals surface area contributed by atoms with Gasteiger partial charge in [0.05, 0.1) is 11.6 Å². The Kier molecular flexibility index (Phi) is 5.93. The van der Waals surface area contributed by atoms with Crippen LogP contribution in [0.15, 0.2) is 102 Å². The zero-order valence-electron chi connectivity index (χ0n) is 23.0. The van der Waals surface area contributed by atoms with Crippen LogP contribution in [-0.4, -0.2) is 0 Å². The summed E-state index contributed by atoms with van der Waals surface area (Å²) >= 11 is 3.85. The number of fused-ring (bicyclic) bond motifs is 5. The molecule has 0 amide bonds. The van der Waals surface area contributed by atoms with Crippen molar-refractivity contribution in [1.82, 2.24) is 0 Å². The van der Waals surface area contributed by atoms with Crippen LogP contribution < -0.4 is 4.90 Å². The molecule has 0 unspecified atom stereocenters. The largest absolute Gasteiger partial charge is 0.310 e. The van der Waals surface area contributed by atoms with E-state index < -0.39 is 0 Å². The summed E-state index contributed by atoms with van der Waals surface area (Å²) in [5, 5.41) is 11.9. The van der Waals surface area contributed by atoms with Crippen LogP contribution in [0.3, 0.4) is 0 Å². The van der Waals surface area contributed by atoms with Gasteiger partial charge in [0.1, 0.15) is 0 Å². The molecule has 0 aliphatic heterocycles. The molecule has 0 spiro atoms. The summed E-state index contributed by atoms with van der Waals surface area (Å²) in [5.74, 6) is 0. The molecule has 0 fully saturated rings. The number of nitriles is 1. The molecule has 0 heterocycles. The predicted molar refractivity (Wildman–Crippen MR) is 167 cm³/mol. The maximum Gasteiger partial charge on any atom is 0.0991 e. The molecule has 2 nitrogen and oxygen atoms in total. The minimum absolute atomic E-state index is 0.0816. The Bertz CT molecular complexity index is 1770. The molecule has 0 saturated carbocycles. The van der Waals surface area contributed by atoms with Gasteiger partial charge in [0.2, 0.25) is 0 Å². The fourth-order valence-electron chi connectivity index (χ4n) is 5.91. The molecule has 0 atom stereocenters. The molecule has 5 aromatic carbocycles. The first-order chi connectivity index (χ1) is 18.6. The number of nitrogens with zero attached hydrogens (tertiary/aromatic N) is 2. The first kappa shape index (κ1) is 25.4. The minimum atomic E-state index is -0.153. The van der Waals surface area contributed by atoms with Gasteiger partial charge in [0, 0.05) is 26.9 Å². The van der Waals surface area contributed by atoms with E-state index in [2.05, 4.69) is 134 Å². The average Bonchev–Trinajstić information content (AvgIpc) is 3.15. The number of benzene rings is 5. The Balaban J connectivity index is 1.54. The van der Waals surface area contributed by atoms with Gasteiger partial charge in [-0.05, 0) is 98.6 Å². The minimum Gasteiger partial charge on any atom is -0.310 e. The van der Waals surface area contributed by atoms with Gasteiger partial charge in [-0.2, -0.15) is 5.26 Å². The Morgan fingerprint density at radius 2 is 1.31 bits per heavy atom. The van der Waals surface area contributed by atoms with Gasteiger partial charge in [0.25, 0.3) is 0 Å². The lowest BCUT2D eigenvalue weighted by Gasteiger charge is -2.29. The van der Waals surface area contributed by atoms with Crippen LogP contribution in [0, 0.1) is 11.3 Å². The highest BCUT2D eigenvalue weighted by molar-refractivity contribution is 9.10. The molecule has 39 heavy (non-hydrogen) atoms. The van der Waals surface area contributed by atoms with E-state index in [4.69, 9.17) is 0 Å². The molecule has 5 aromatic rings. The third-order valence-electron chi connectivity index (χ3n) is 8.12. The number of hydrogen-bond donors (Lipinski definition) is 0. The third kappa shape index (κ3) is 4.15. The fraction of sp³-hybridized carbons (Fsp3) is 0.194. The number of halogens is 1. The van der Waals surface area contributed by atoms with Crippen LogP contribution in [0.5, 0.6) is 0 Å². The predicted octanol–water partition coefficient (Wildman–Crippen LogP) is 10.5. The van der Waals surface area contributed by atoms with Gasteiger partial charge in [-0.3, -0.25) is 0 Å². The molecule has 192 valence electrons. The van der Waals surface area contributed by atoms with Gasteiger partial charge in [0.15, 0.2) is 0 Å². The monoisotopic (exact) mass is 570 g/mol. The Morgan fingerprint density at radius 1 is 0.718 bits per heavy atom. The van der Waals surface area contributed by atoms with Crippen molar-refractivity contribution in [2.24, 2.45) is 0 Å². The van der Waals surface area contributed by atoms with Crippen LogP contribution in [0.4, 0.5) is 17.1 Å². The highest BCUT2D eigenvalue weighted by Crippen LogP contribution is 2.54.